The molecule has 0 atom stereocenters. The molecule has 1 aliphatic rings. The highest BCUT2D eigenvalue weighted by Gasteiger charge is 2.22. The van der Waals surface area contributed by atoms with Gasteiger partial charge in [-0.05, 0) is 6.92 Å². The van der Waals surface area contributed by atoms with Gasteiger partial charge in [0, 0.05) is 24.6 Å². The standard InChI is InChI=1S/C12H14N4/c1-8-2-4-9(5-3-8)11-14-12(16-15-11)10-6-13-7-10/h2-5,10,13H,6-7H2,1H3,(H,14,15,16). The van der Waals surface area contributed by atoms with Crippen LogP contribution >= 0.6 is 0 Å². The van der Waals surface area contributed by atoms with Crippen molar-refractivity contribution in [3.05, 3.63) is 35.7 Å². The summed E-state index contributed by atoms with van der Waals surface area (Å²) >= 11 is 0. The number of aromatic nitrogens is 3. The van der Waals surface area contributed by atoms with Gasteiger partial charge in [0.2, 0.25) is 0 Å². The van der Waals surface area contributed by atoms with Crippen molar-refractivity contribution in [2.45, 2.75) is 12.8 Å². The maximum absolute atomic E-state index is 4.53. The second-order valence-corrected chi connectivity index (χ2v) is 4.27. The normalized spacial score (nSPS) is 16.1. The molecule has 2 heterocycles. The molecule has 1 aromatic heterocycles. The maximum Gasteiger partial charge on any atom is 0.181 e. The number of benzene rings is 1. The van der Waals surface area contributed by atoms with E-state index in [0.29, 0.717) is 5.92 Å². The minimum absolute atomic E-state index is 0.506. The van der Waals surface area contributed by atoms with Gasteiger partial charge in [-0.2, -0.15) is 5.10 Å². The molecule has 1 fully saturated rings. The van der Waals surface area contributed by atoms with E-state index in [9.17, 15) is 0 Å². The molecule has 0 radical (unpaired) electrons. The van der Waals surface area contributed by atoms with Crippen molar-refractivity contribution in [1.82, 2.24) is 20.5 Å². The minimum Gasteiger partial charge on any atom is -0.315 e. The largest absolute Gasteiger partial charge is 0.315 e. The number of nitrogens with one attached hydrogen (secondary N) is 2. The lowest BCUT2D eigenvalue weighted by atomic mass is 10.0. The van der Waals surface area contributed by atoms with Gasteiger partial charge in [0.1, 0.15) is 5.82 Å². The van der Waals surface area contributed by atoms with Crippen molar-refractivity contribution in [3.63, 3.8) is 0 Å². The summed E-state index contributed by atoms with van der Waals surface area (Å²) < 4.78 is 0. The minimum atomic E-state index is 0.506. The molecule has 4 nitrogen and oxygen atoms in total. The van der Waals surface area contributed by atoms with Gasteiger partial charge in [0.05, 0.1) is 0 Å². The second kappa shape index (κ2) is 3.72. The molecule has 0 bridgehead atoms. The molecule has 3 rings (SSSR count). The van der Waals surface area contributed by atoms with Gasteiger partial charge in [0.15, 0.2) is 5.82 Å². The Morgan fingerprint density at radius 1 is 1.19 bits per heavy atom. The van der Waals surface area contributed by atoms with Gasteiger partial charge in [-0.25, -0.2) is 4.98 Å². The van der Waals surface area contributed by atoms with Crippen molar-refractivity contribution in [2.75, 3.05) is 13.1 Å². The molecule has 4 heteroatoms. The highest BCUT2D eigenvalue weighted by Crippen LogP contribution is 2.20. The smallest absolute Gasteiger partial charge is 0.181 e. The summed E-state index contributed by atoms with van der Waals surface area (Å²) in [6, 6.07) is 8.27. The van der Waals surface area contributed by atoms with E-state index >= 15 is 0 Å². The summed E-state index contributed by atoms with van der Waals surface area (Å²) in [5, 5.41) is 10.5. The molecule has 16 heavy (non-hydrogen) atoms. The van der Waals surface area contributed by atoms with E-state index in [-0.39, 0.29) is 0 Å². The van der Waals surface area contributed by atoms with Gasteiger partial charge in [0.25, 0.3) is 0 Å². The zero-order valence-corrected chi connectivity index (χ0v) is 9.20. The fourth-order valence-electron chi connectivity index (χ4n) is 1.77. The Morgan fingerprint density at radius 2 is 1.94 bits per heavy atom. The molecule has 1 saturated heterocycles. The number of aromatic amines is 1. The summed E-state index contributed by atoms with van der Waals surface area (Å²) in [6.45, 7) is 4.08. The highest BCUT2D eigenvalue weighted by molar-refractivity contribution is 5.54. The lowest BCUT2D eigenvalue weighted by molar-refractivity contribution is 0.431. The third kappa shape index (κ3) is 1.61. The maximum atomic E-state index is 4.53. The monoisotopic (exact) mass is 214 g/mol. The Hall–Kier alpha value is -1.68. The summed E-state index contributed by atoms with van der Waals surface area (Å²) in [5.74, 6) is 2.29. The first-order valence-corrected chi connectivity index (χ1v) is 5.53. The van der Waals surface area contributed by atoms with Crippen LogP contribution in [0.15, 0.2) is 24.3 Å². The van der Waals surface area contributed by atoms with Crippen molar-refractivity contribution < 1.29 is 0 Å². The van der Waals surface area contributed by atoms with Crippen molar-refractivity contribution >= 4 is 0 Å². The van der Waals surface area contributed by atoms with Crippen LogP contribution in [0.2, 0.25) is 0 Å². The first kappa shape index (κ1) is 9.54. The summed E-state index contributed by atoms with van der Waals surface area (Å²) in [4.78, 5) is 4.53. The van der Waals surface area contributed by atoms with Crippen LogP contribution in [0, 0.1) is 6.92 Å². The van der Waals surface area contributed by atoms with E-state index in [1.807, 2.05) is 0 Å². The molecule has 0 aliphatic carbocycles. The zero-order chi connectivity index (χ0) is 11.0. The van der Waals surface area contributed by atoms with Crippen LogP contribution in [0.5, 0.6) is 0 Å². The number of hydrogen-bond acceptors (Lipinski definition) is 3. The fraction of sp³-hybridized carbons (Fsp3) is 0.333. The molecule has 1 aromatic carbocycles. The SMILES string of the molecule is Cc1ccc(-c2n[nH]c(C3CNC3)n2)cc1. The fourth-order valence-corrected chi connectivity index (χ4v) is 1.77. The van der Waals surface area contributed by atoms with Gasteiger partial charge >= 0.3 is 0 Å². The lowest BCUT2D eigenvalue weighted by Crippen LogP contribution is -2.40. The molecular formula is C12H14N4. The number of nitrogens with zero attached hydrogens (tertiary/aromatic N) is 2. The van der Waals surface area contributed by atoms with Crippen LogP contribution in [0.3, 0.4) is 0 Å². The number of rotatable bonds is 2. The lowest BCUT2D eigenvalue weighted by Gasteiger charge is -2.24. The number of aryl methyl sites for hydroxylation is 1. The van der Waals surface area contributed by atoms with Crippen LogP contribution in [0.25, 0.3) is 11.4 Å². The quantitative estimate of drug-likeness (QED) is 0.796. The third-order valence-corrected chi connectivity index (χ3v) is 2.98. The van der Waals surface area contributed by atoms with Crippen LogP contribution in [-0.2, 0) is 0 Å². The van der Waals surface area contributed by atoms with Gasteiger partial charge in [-0.15, -0.1) is 0 Å². The molecule has 0 unspecified atom stereocenters. The number of H-pyrrole nitrogens is 1. The van der Waals surface area contributed by atoms with Gasteiger partial charge < -0.3 is 5.32 Å². The highest BCUT2D eigenvalue weighted by atomic mass is 15.2. The third-order valence-electron chi connectivity index (χ3n) is 2.98. The molecular weight excluding hydrogens is 200 g/mol. The van der Waals surface area contributed by atoms with E-state index in [4.69, 9.17) is 0 Å². The molecule has 0 amide bonds. The van der Waals surface area contributed by atoms with E-state index < -0.39 is 0 Å². The average molecular weight is 214 g/mol. The van der Waals surface area contributed by atoms with Crippen LogP contribution in [0.1, 0.15) is 17.3 Å². The van der Waals surface area contributed by atoms with Gasteiger partial charge in [-0.3, -0.25) is 5.10 Å². The Labute approximate surface area is 94.1 Å². The molecule has 2 N–H and O–H groups in total. The molecule has 82 valence electrons. The average Bonchev–Trinajstić information content (AvgIpc) is 2.65. The van der Waals surface area contributed by atoms with Gasteiger partial charge in [-0.1, -0.05) is 29.8 Å². The predicted octanol–water partition coefficient (Wildman–Crippen LogP) is 1.47. The van der Waals surface area contributed by atoms with E-state index in [1.165, 1.54) is 5.56 Å². The first-order valence-electron chi connectivity index (χ1n) is 5.53. The molecule has 1 aliphatic heterocycles. The molecule has 2 aromatic rings. The van der Waals surface area contributed by atoms with E-state index in [0.717, 1.165) is 30.3 Å². The Bertz CT molecular complexity index is 482. The van der Waals surface area contributed by atoms with Crippen molar-refractivity contribution in [3.8, 4) is 11.4 Å². The Balaban J connectivity index is 1.88. The summed E-state index contributed by atoms with van der Waals surface area (Å²) in [5.41, 5.74) is 2.32. The second-order valence-electron chi connectivity index (χ2n) is 4.27. The Morgan fingerprint density at radius 3 is 2.56 bits per heavy atom. The molecule has 0 saturated carbocycles. The first-order chi connectivity index (χ1) is 7.83. The van der Waals surface area contributed by atoms with Crippen molar-refractivity contribution in [1.29, 1.82) is 0 Å². The molecule has 0 spiro atoms. The zero-order valence-electron chi connectivity index (χ0n) is 9.20. The Kier molecular flexibility index (Phi) is 2.22. The summed E-state index contributed by atoms with van der Waals surface area (Å²) in [6.07, 6.45) is 0. The van der Waals surface area contributed by atoms with Crippen LogP contribution in [-0.4, -0.2) is 28.3 Å². The van der Waals surface area contributed by atoms with Crippen LogP contribution in [0.4, 0.5) is 0 Å². The van der Waals surface area contributed by atoms with Crippen LogP contribution < -0.4 is 5.32 Å². The predicted molar refractivity (Wildman–Crippen MR) is 62.2 cm³/mol. The van der Waals surface area contributed by atoms with E-state index in [1.54, 1.807) is 0 Å². The topological polar surface area (TPSA) is 53.6 Å². The van der Waals surface area contributed by atoms with E-state index in [2.05, 4.69) is 51.7 Å². The number of hydrogen-bond donors (Lipinski definition) is 2. The summed E-state index contributed by atoms with van der Waals surface area (Å²) in [7, 11) is 0. The van der Waals surface area contributed by atoms with Crippen molar-refractivity contribution in [2.24, 2.45) is 0 Å².